The molecule has 0 spiro atoms. The van der Waals surface area contributed by atoms with Crippen molar-refractivity contribution in [2.45, 2.75) is 19.4 Å². The maximum atomic E-state index is 11.6. The van der Waals surface area contributed by atoms with Gasteiger partial charge in [-0.2, -0.15) is 8.42 Å². The summed E-state index contributed by atoms with van der Waals surface area (Å²) in [4.78, 5) is 17.8. The van der Waals surface area contributed by atoms with E-state index >= 15 is 0 Å². The van der Waals surface area contributed by atoms with Crippen molar-refractivity contribution in [3.63, 3.8) is 0 Å². The average Bonchev–Trinajstić information content (AvgIpc) is 3.50. The molecular formula is C26H22Cl2N6O3S. The maximum Gasteiger partial charge on any atom is 0.285 e. The van der Waals surface area contributed by atoms with Gasteiger partial charge < -0.3 is 4.98 Å². The zero-order valence-corrected chi connectivity index (χ0v) is 22.5. The van der Waals surface area contributed by atoms with Gasteiger partial charge >= 0.3 is 0 Å². The number of fused-ring (bicyclic) bond motifs is 1. The average molecular weight is 569 g/mol. The number of aromatic amines is 1. The first kappa shape index (κ1) is 24.9. The Hall–Kier alpha value is -3.44. The number of nitrogens with zero attached hydrogens (tertiary/aromatic N) is 4. The molecule has 2 N–H and O–H groups in total. The predicted molar refractivity (Wildman–Crippen MR) is 148 cm³/mol. The minimum absolute atomic E-state index is 0.276. The number of halogens is 2. The van der Waals surface area contributed by atoms with Crippen LogP contribution in [0.25, 0.3) is 45.2 Å². The highest BCUT2D eigenvalue weighted by Gasteiger charge is 2.26. The Bertz CT molecular complexity index is 1740. The molecule has 0 bridgehead atoms. The van der Waals surface area contributed by atoms with Gasteiger partial charge in [-0.1, -0.05) is 59.6 Å². The van der Waals surface area contributed by atoms with Crippen molar-refractivity contribution in [1.29, 1.82) is 0 Å². The van der Waals surface area contributed by atoms with E-state index in [1.165, 1.54) is 0 Å². The Balaban J connectivity index is 1.51. The molecule has 12 heteroatoms. The second-order valence-corrected chi connectivity index (χ2v) is 11.6. The third-order valence-corrected chi connectivity index (χ3v) is 7.24. The van der Waals surface area contributed by atoms with E-state index in [9.17, 15) is 8.42 Å². The zero-order chi connectivity index (χ0) is 26.4. The van der Waals surface area contributed by atoms with Crippen LogP contribution < -0.4 is 5.48 Å². The second kappa shape index (κ2) is 9.70. The van der Waals surface area contributed by atoms with Crippen LogP contribution in [0.4, 0.5) is 5.95 Å². The molecule has 5 aromatic rings. The lowest BCUT2D eigenvalue weighted by Crippen LogP contribution is -2.14. The third kappa shape index (κ3) is 5.00. The van der Waals surface area contributed by atoms with Crippen LogP contribution in [0.15, 0.2) is 60.7 Å². The summed E-state index contributed by atoms with van der Waals surface area (Å²) in [7, 11) is -3.73. The minimum Gasteiger partial charge on any atom is -0.336 e. The quantitative estimate of drug-likeness (QED) is 0.215. The highest BCUT2D eigenvalue weighted by molar-refractivity contribution is 7.86. The SMILES string of the molecule is CS(=O)(=O)ONc1nc2ccc(-c3[nH]c(-c4c(Cl)cccc4Cl)nc3-c3ccccc3)nc2n1CC1CC1. The number of imidazole rings is 2. The Morgan fingerprint density at radius 3 is 2.42 bits per heavy atom. The van der Waals surface area contributed by atoms with Crippen LogP contribution in [-0.2, 0) is 20.9 Å². The van der Waals surface area contributed by atoms with Gasteiger partial charge in [0, 0.05) is 12.1 Å². The molecule has 1 fully saturated rings. The van der Waals surface area contributed by atoms with E-state index in [4.69, 9.17) is 37.5 Å². The summed E-state index contributed by atoms with van der Waals surface area (Å²) in [5.41, 5.74) is 7.18. The normalized spacial score (nSPS) is 13.8. The molecule has 6 rings (SSSR count). The molecule has 0 atom stereocenters. The van der Waals surface area contributed by atoms with Crippen LogP contribution in [0.3, 0.4) is 0 Å². The van der Waals surface area contributed by atoms with Crippen LogP contribution >= 0.6 is 23.2 Å². The van der Waals surface area contributed by atoms with Crippen LogP contribution in [0.1, 0.15) is 12.8 Å². The van der Waals surface area contributed by atoms with Crippen LogP contribution in [0.2, 0.25) is 10.0 Å². The van der Waals surface area contributed by atoms with Crippen LogP contribution in [0, 0.1) is 5.92 Å². The molecule has 2 aromatic carbocycles. The highest BCUT2D eigenvalue weighted by atomic mass is 35.5. The van der Waals surface area contributed by atoms with Gasteiger partial charge in [-0.15, -0.1) is 4.28 Å². The zero-order valence-electron chi connectivity index (χ0n) is 20.1. The fourth-order valence-electron chi connectivity index (χ4n) is 4.27. The lowest BCUT2D eigenvalue weighted by atomic mass is 10.1. The molecule has 0 unspecified atom stereocenters. The van der Waals surface area contributed by atoms with Crippen molar-refractivity contribution in [3.05, 3.63) is 70.7 Å². The first-order chi connectivity index (χ1) is 18.3. The summed E-state index contributed by atoms with van der Waals surface area (Å²) in [5.74, 6) is 1.27. The van der Waals surface area contributed by atoms with Gasteiger partial charge in [0.1, 0.15) is 11.3 Å². The number of H-pyrrole nitrogens is 1. The van der Waals surface area contributed by atoms with Gasteiger partial charge in [0.25, 0.3) is 10.1 Å². The van der Waals surface area contributed by atoms with Crippen LogP contribution in [0.5, 0.6) is 0 Å². The van der Waals surface area contributed by atoms with Gasteiger partial charge in [0.2, 0.25) is 5.95 Å². The van der Waals surface area contributed by atoms with Gasteiger partial charge in [0.15, 0.2) is 5.65 Å². The first-order valence-electron chi connectivity index (χ1n) is 11.9. The van der Waals surface area contributed by atoms with Crippen molar-refractivity contribution >= 4 is 50.4 Å². The topological polar surface area (TPSA) is 115 Å². The number of pyridine rings is 1. The van der Waals surface area contributed by atoms with Gasteiger partial charge in [-0.05, 0) is 43.0 Å². The van der Waals surface area contributed by atoms with E-state index in [2.05, 4.69) is 15.4 Å². The summed E-state index contributed by atoms with van der Waals surface area (Å²) in [6.45, 7) is 0.636. The number of hydrogen-bond donors (Lipinski definition) is 2. The summed E-state index contributed by atoms with van der Waals surface area (Å²) in [6, 6.07) is 18.8. The second-order valence-electron chi connectivity index (χ2n) is 9.19. The Kier molecular flexibility index (Phi) is 6.35. The number of benzene rings is 2. The predicted octanol–water partition coefficient (Wildman–Crippen LogP) is 6.18. The molecular weight excluding hydrogens is 547 g/mol. The molecule has 3 heterocycles. The van der Waals surface area contributed by atoms with E-state index in [1.54, 1.807) is 18.2 Å². The van der Waals surface area contributed by atoms with E-state index in [0.717, 1.165) is 24.7 Å². The lowest BCUT2D eigenvalue weighted by Gasteiger charge is -2.09. The van der Waals surface area contributed by atoms with Crippen molar-refractivity contribution in [2.75, 3.05) is 11.7 Å². The molecule has 1 aliphatic rings. The molecule has 0 amide bonds. The molecule has 0 radical (unpaired) electrons. The molecule has 1 saturated carbocycles. The van der Waals surface area contributed by atoms with E-state index in [1.807, 2.05) is 47.0 Å². The Labute approximate surface area is 228 Å². The van der Waals surface area contributed by atoms with E-state index < -0.39 is 10.1 Å². The number of hydrogen-bond acceptors (Lipinski definition) is 7. The van der Waals surface area contributed by atoms with E-state index in [-0.39, 0.29) is 5.95 Å². The Morgan fingerprint density at radius 1 is 1.00 bits per heavy atom. The van der Waals surface area contributed by atoms with Gasteiger partial charge in [-0.3, -0.25) is 4.57 Å². The maximum absolute atomic E-state index is 11.6. The summed E-state index contributed by atoms with van der Waals surface area (Å²) in [6.07, 6.45) is 3.15. The van der Waals surface area contributed by atoms with Gasteiger partial charge in [-0.25, -0.2) is 20.4 Å². The minimum atomic E-state index is -3.73. The first-order valence-corrected chi connectivity index (χ1v) is 14.5. The molecule has 9 nitrogen and oxygen atoms in total. The fourth-order valence-corrected chi connectivity index (χ4v) is 5.07. The summed E-state index contributed by atoms with van der Waals surface area (Å²) < 4.78 is 29.8. The number of anilines is 1. The van der Waals surface area contributed by atoms with Gasteiger partial charge in [0.05, 0.1) is 38.9 Å². The highest BCUT2D eigenvalue weighted by Crippen LogP contribution is 2.39. The van der Waals surface area contributed by atoms with Crippen molar-refractivity contribution in [2.24, 2.45) is 5.92 Å². The Morgan fingerprint density at radius 2 is 1.74 bits per heavy atom. The standard InChI is InChI=1S/C26H22Cl2N6O3S/c1-38(35,36)37-33-26-30-20-13-12-19(29-25(20)34(26)14-15-10-11-15)23-22(16-6-3-2-4-7-16)31-24(32-23)21-17(27)8-5-9-18(21)28/h2-9,12-13,15H,10-11,14H2,1H3,(H,30,33)(H,31,32). The molecule has 1 aliphatic carbocycles. The molecule has 3 aromatic heterocycles. The van der Waals surface area contributed by atoms with Crippen LogP contribution in [-0.4, -0.2) is 39.2 Å². The number of rotatable bonds is 8. The van der Waals surface area contributed by atoms with E-state index in [0.29, 0.717) is 62.1 Å². The summed E-state index contributed by atoms with van der Waals surface area (Å²) in [5, 5.41) is 0.954. The largest absolute Gasteiger partial charge is 0.336 e. The van der Waals surface area contributed by atoms with Crippen molar-refractivity contribution in [1.82, 2.24) is 24.5 Å². The number of nitrogens with one attached hydrogen (secondary N) is 2. The van der Waals surface area contributed by atoms with Crippen molar-refractivity contribution < 1.29 is 12.7 Å². The lowest BCUT2D eigenvalue weighted by molar-refractivity contribution is 0.387. The number of aromatic nitrogens is 5. The molecule has 194 valence electrons. The molecule has 0 saturated heterocycles. The summed E-state index contributed by atoms with van der Waals surface area (Å²) >= 11 is 13.0. The monoisotopic (exact) mass is 568 g/mol. The molecule has 0 aliphatic heterocycles. The third-order valence-electron chi connectivity index (χ3n) is 6.22. The van der Waals surface area contributed by atoms with Crippen molar-refractivity contribution in [3.8, 4) is 34.0 Å². The smallest absolute Gasteiger partial charge is 0.285 e. The fraction of sp³-hybridized carbons (Fsp3) is 0.192. The molecule has 38 heavy (non-hydrogen) atoms.